The Balaban J connectivity index is 1.36. The van der Waals surface area contributed by atoms with Crippen LogP contribution in [0.25, 0.3) is 33.0 Å². The van der Waals surface area contributed by atoms with Crippen molar-refractivity contribution in [1.29, 1.82) is 0 Å². The summed E-state index contributed by atoms with van der Waals surface area (Å²) in [6.45, 7) is 0.484. The van der Waals surface area contributed by atoms with Gasteiger partial charge in [0.25, 0.3) is 23.6 Å². The molecule has 2 aromatic heterocycles. The number of hydrogen-bond acceptors (Lipinski definition) is 6. The molecule has 10 nitrogen and oxygen atoms in total. The number of hydrogen-bond donors (Lipinski definition) is 4. The van der Waals surface area contributed by atoms with Crippen molar-refractivity contribution < 1.29 is 19.2 Å². The average Bonchev–Trinajstić information content (AvgIpc) is 3.66. The molecule has 5 heterocycles. The summed E-state index contributed by atoms with van der Waals surface area (Å²) in [5.41, 5.74) is 6.32. The highest BCUT2D eigenvalue weighted by molar-refractivity contribution is 6.38. The van der Waals surface area contributed by atoms with Crippen molar-refractivity contribution in [3.63, 3.8) is 0 Å². The first-order valence-corrected chi connectivity index (χ1v) is 14.2. The molecule has 3 aliphatic rings. The molecule has 0 spiro atoms. The molecule has 42 heavy (non-hydrogen) atoms. The zero-order chi connectivity index (χ0) is 29.1. The van der Waals surface area contributed by atoms with E-state index in [0.717, 1.165) is 67.0 Å². The van der Waals surface area contributed by atoms with E-state index in [1.807, 2.05) is 48.5 Å². The largest absolute Gasteiger partial charge is 0.378 e. The highest BCUT2D eigenvalue weighted by Gasteiger charge is 2.40. The molecule has 0 unspecified atom stereocenters. The molecule has 0 radical (unpaired) electrons. The normalized spacial score (nSPS) is 18.4. The number of imide groups is 2. The highest BCUT2D eigenvalue weighted by atomic mass is 16.2. The van der Waals surface area contributed by atoms with E-state index >= 15 is 0 Å². The number of likely N-dealkylation sites (N-methyl/N-ethyl adjacent to an activating group) is 2. The SMILES string of the molecule is CN1C(=O)C2=C(C1=O)c1c([nH]c3ccccc13)CCCCc1[nH]c3ccccc3c1C1=C(NCCN2)C(=O)N(C)C1=O. The Morgan fingerprint density at radius 1 is 0.571 bits per heavy atom. The first-order chi connectivity index (χ1) is 20.4. The summed E-state index contributed by atoms with van der Waals surface area (Å²) in [5, 5.41) is 8.15. The first-order valence-electron chi connectivity index (χ1n) is 14.2. The van der Waals surface area contributed by atoms with Gasteiger partial charge < -0.3 is 20.6 Å². The van der Waals surface area contributed by atoms with Crippen LogP contribution in [0.5, 0.6) is 0 Å². The van der Waals surface area contributed by atoms with Gasteiger partial charge >= 0.3 is 0 Å². The van der Waals surface area contributed by atoms with Crippen LogP contribution in [-0.2, 0) is 32.0 Å². The quantitative estimate of drug-likeness (QED) is 0.244. The summed E-state index contributed by atoms with van der Waals surface area (Å²) in [6.07, 6.45) is 2.91. The zero-order valence-corrected chi connectivity index (χ0v) is 23.4. The molecule has 4 N–H and O–H groups in total. The fourth-order valence-electron chi connectivity index (χ4n) is 6.40. The van der Waals surface area contributed by atoms with Gasteiger partial charge in [0.05, 0.1) is 11.1 Å². The number of fused-ring (bicyclic) bond motifs is 8. The van der Waals surface area contributed by atoms with Gasteiger partial charge in [-0.15, -0.1) is 0 Å². The van der Waals surface area contributed by atoms with Crippen molar-refractivity contribution in [2.45, 2.75) is 25.7 Å². The summed E-state index contributed by atoms with van der Waals surface area (Å²) < 4.78 is 0. The van der Waals surface area contributed by atoms with Crippen molar-refractivity contribution in [1.82, 2.24) is 30.4 Å². The van der Waals surface area contributed by atoms with Gasteiger partial charge in [0.2, 0.25) is 0 Å². The van der Waals surface area contributed by atoms with Crippen LogP contribution in [0.3, 0.4) is 0 Å². The topological polar surface area (TPSA) is 130 Å². The third kappa shape index (κ3) is 3.78. The predicted molar refractivity (Wildman–Crippen MR) is 159 cm³/mol. The fourth-order valence-corrected chi connectivity index (χ4v) is 6.40. The molecule has 2 aromatic carbocycles. The van der Waals surface area contributed by atoms with Crippen LogP contribution in [0, 0.1) is 0 Å². The lowest BCUT2D eigenvalue weighted by atomic mass is 9.96. The van der Waals surface area contributed by atoms with E-state index in [1.165, 1.54) is 14.1 Å². The van der Waals surface area contributed by atoms with Crippen LogP contribution in [0.1, 0.15) is 35.4 Å². The minimum absolute atomic E-state index is 0.237. The van der Waals surface area contributed by atoms with Crippen LogP contribution in [0.15, 0.2) is 59.9 Å². The molecule has 3 aliphatic heterocycles. The van der Waals surface area contributed by atoms with Crippen molar-refractivity contribution in [3.05, 3.63) is 82.4 Å². The van der Waals surface area contributed by atoms with Gasteiger partial charge in [-0.3, -0.25) is 29.0 Å². The van der Waals surface area contributed by atoms with Gasteiger partial charge in [0.1, 0.15) is 11.4 Å². The Hall–Kier alpha value is -5.12. The number of para-hydroxylation sites is 2. The third-order valence-electron chi connectivity index (χ3n) is 8.47. The van der Waals surface area contributed by atoms with Crippen molar-refractivity contribution >= 4 is 56.6 Å². The standard InChI is InChI=1S/C32H30N6O4/c1-37-29(39)25-23-17-9-3-5-11-19(17)35-21(23)13-7-8-14-22-24(18-10-4-6-12-20(18)36-22)26-28(32(42)38(2)30(26)40)34-16-15-33-27(25)31(37)41/h3-6,9-12,33-36H,7-8,13-16H2,1-2H3. The summed E-state index contributed by atoms with van der Waals surface area (Å²) in [5.74, 6) is -1.51. The zero-order valence-electron chi connectivity index (χ0n) is 23.4. The van der Waals surface area contributed by atoms with Gasteiger partial charge in [-0.2, -0.15) is 0 Å². The van der Waals surface area contributed by atoms with E-state index in [0.29, 0.717) is 24.0 Å². The number of aromatic amines is 2. The monoisotopic (exact) mass is 562 g/mol. The number of aromatic nitrogens is 2. The second kappa shape index (κ2) is 9.76. The molecule has 7 rings (SSSR count). The lowest BCUT2D eigenvalue weighted by Crippen LogP contribution is -2.34. The maximum Gasteiger partial charge on any atom is 0.277 e. The molecule has 4 aromatic rings. The highest BCUT2D eigenvalue weighted by Crippen LogP contribution is 2.38. The van der Waals surface area contributed by atoms with Crippen LogP contribution in [0.4, 0.5) is 0 Å². The van der Waals surface area contributed by atoms with Crippen LogP contribution in [-0.4, -0.2) is 70.6 Å². The summed E-state index contributed by atoms with van der Waals surface area (Å²) >= 11 is 0. The molecular formula is C32H30N6O4. The second-order valence-electron chi connectivity index (χ2n) is 10.9. The predicted octanol–water partition coefficient (Wildman–Crippen LogP) is 2.83. The van der Waals surface area contributed by atoms with E-state index in [2.05, 4.69) is 20.6 Å². The molecule has 212 valence electrons. The minimum atomic E-state index is -0.400. The van der Waals surface area contributed by atoms with Gasteiger partial charge in [-0.05, 0) is 37.8 Å². The van der Waals surface area contributed by atoms with E-state index in [9.17, 15) is 19.2 Å². The molecular weight excluding hydrogens is 532 g/mol. The summed E-state index contributed by atoms with van der Waals surface area (Å²) in [6, 6.07) is 15.6. The Kier molecular flexibility index (Phi) is 6.00. The van der Waals surface area contributed by atoms with E-state index < -0.39 is 11.8 Å². The van der Waals surface area contributed by atoms with Crippen molar-refractivity contribution in [2.24, 2.45) is 0 Å². The summed E-state index contributed by atoms with van der Waals surface area (Å²) in [4.78, 5) is 62.7. The average molecular weight is 563 g/mol. The molecule has 0 aliphatic carbocycles. The Morgan fingerprint density at radius 3 is 1.40 bits per heavy atom. The summed E-state index contributed by atoms with van der Waals surface area (Å²) in [7, 11) is 2.98. The molecule has 0 saturated heterocycles. The number of nitrogens with one attached hydrogen (secondary N) is 4. The second-order valence-corrected chi connectivity index (χ2v) is 10.9. The molecule has 10 heteroatoms. The lowest BCUT2D eigenvalue weighted by Gasteiger charge is -2.13. The number of benzene rings is 2. The molecule has 4 amide bonds. The number of rotatable bonds is 0. The number of carbonyl (C=O) groups is 4. The number of aryl methyl sites for hydroxylation is 2. The smallest absolute Gasteiger partial charge is 0.277 e. The number of nitrogens with zero attached hydrogens (tertiary/aromatic N) is 2. The van der Waals surface area contributed by atoms with E-state index in [-0.39, 0.29) is 36.3 Å². The first kappa shape index (κ1) is 25.8. The van der Waals surface area contributed by atoms with E-state index in [1.54, 1.807) is 0 Å². The van der Waals surface area contributed by atoms with Crippen molar-refractivity contribution in [3.8, 4) is 0 Å². The van der Waals surface area contributed by atoms with Crippen LogP contribution >= 0.6 is 0 Å². The molecule has 0 atom stereocenters. The van der Waals surface area contributed by atoms with E-state index in [4.69, 9.17) is 0 Å². The number of H-pyrrole nitrogens is 2. The Morgan fingerprint density at radius 2 is 0.976 bits per heavy atom. The van der Waals surface area contributed by atoms with Gasteiger partial charge in [-0.25, -0.2) is 0 Å². The number of carbonyl (C=O) groups excluding carboxylic acids is 4. The molecule has 0 bridgehead atoms. The van der Waals surface area contributed by atoms with Crippen molar-refractivity contribution in [2.75, 3.05) is 27.2 Å². The Labute approximate surface area is 241 Å². The maximum absolute atomic E-state index is 13.5. The number of amides is 4. The fraction of sp³-hybridized carbons (Fsp3) is 0.250. The van der Waals surface area contributed by atoms with Gasteiger partial charge in [0.15, 0.2) is 0 Å². The van der Waals surface area contributed by atoms with Gasteiger partial charge in [-0.1, -0.05) is 36.4 Å². The lowest BCUT2D eigenvalue weighted by molar-refractivity contribution is -0.137. The minimum Gasteiger partial charge on any atom is -0.378 e. The Bertz CT molecular complexity index is 1770. The van der Waals surface area contributed by atoms with Crippen LogP contribution in [0.2, 0.25) is 0 Å². The molecule has 0 saturated carbocycles. The van der Waals surface area contributed by atoms with Crippen LogP contribution < -0.4 is 10.6 Å². The van der Waals surface area contributed by atoms with Gasteiger partial charge in [0, 0.05) is 71.5 Å². The maximum atomic E-state index is 13.5. The third-order valence-corrected chi connectivity index (χ3v) is 8.47. The molecule has 0 fully saturated rings.